The summed E-state index contributed by atoms with van der Waals surface area (Å²) in [5.74, 6) is 0.566. The maximum atomic E-state index is 11.9. The van der Waals surface area contributed by atoms with Crippen molar-refractivity contribution in [3.05, 3.63) is 42.5 Å². The van der Waals surface area contributed by atoms with Crippen molar-refractivity contribution < 1.29 is 17.9 Å². The summed E-state index contributed by atoms with van der Waals surface area (Å²) in [5, 5.41) is 0. The molecule has 0 fully saturated rings. The van der Waals surface area contributed by atoms with Crippen LogP contribution in [0.5, 0.6) is 11.5 Å². The Labute approximate surface area is 118 Å². The maximum absolute atomic E-state index is 11.9. The molecular weight excluding hydrogens is 276 g/mol. The van der Waals surface area contributed by atoms with Gasteiger partial charge in [0.1, 0.15) is 11.5 Å². The zero-order chi connectivity index (χ0) is 14.8. The molecule has 0 aromatic heterocycles. The molecule has 0 unspecified atom stereocenters. The van der Waals surface area contributed by atoms with Crippen LogP contribution < -0.4 is 9.47 Å². The van der Waals surface area contributed by atoms with Crippen LogP contribution in [0.3, 0.4) is 0 Å². The third-order valence-corrected chi connectivity index (χ3v) is 4.08. The van der Waals surface area contributed by atoms with Gasteiger partial charge in [0.15, 0.2) is 14.7 Å². The molecule has 0 N–H and O–H groups in total. The number of rotatable bonds is 4. The molecule has 0 spiro atoms. The summed E-state index contributed by atoms with van der Waals surface area (Å²) < 4.78 is 34.2. The lowest BCUT2D eigenvalue weighted by Gasteiger charge is -2.14. The van der Waals surface area contributed by atoms with Crippen molar-refractivity contribution in [1.29, 1.82) is 0 Å². The Morgan fingerprint density at radius 3 is 1.75 bits per heavy atom. The van der Waals surface area contributed by atoms with Gasteiger partial charge in [-0.05, 0) is 23.3 Å². The van der Waals surface area contributed by atoms with Gasteiger partial charge in [-0.2, -0.15) is 0 Å². The van der Waals surface area contributed by atoms with Crippen molar-refractivity contribution in [1.82, 2.24) is 0 Å². The van der Waals surface area contributed by atoms with E-state index in [9.17, 15) is 8.42 Å². The van der Waals surface area contributed by atoms with E-state index in [1.54, 1.807) is 12.1 Å². The highest BCUT2D eigenvalue weighted by Crippen LogP contribution is 2.38. The minimum Gasteiger partial charge on any atom is -0.495 e. The first-order chi connectivity index (χ1) is 9.47. The molecule has 5 heteroatoms. The molecular formula is C15H16O4S. The van der Waals surface area contributed by atoms with E-state index in [4.69, 9.17) is 9.47 Å². The van der Waals surface area contributed by atoms with E-state index >= 15 is 0 Å². The van der Waals surface area contributed by atoms with Gasteiger partial charge in [-0.15, -0.1) is 0 Å². The molecule has 0 amide bonds. The Bertz CT molecular complexity index is 681. The fourth-order valence-electron chi connectivity index (χ4n) is 2.04. The van der Waals surface area contributed by atoms with Crippen LogP contribution in [0.1, 0.15) is 0 Å². The minimum absolute atomic E-state index is 0.0715. The van der Waals surface area contributed by atoms with E-state index in [0.717, 1.165) is 17.4 Å². The summed E-state index contributed by atoms with van der Waals surface area (Å²) in [6, 6.07) is 13.0. The van der Waals surface area contributed by atoms with Crippen molar-refractivity contribution in [3.8, 4) is 22.6 Å². The van der Waals surface area contributed by atoms with E-state index in [-0.39, 0.29) is 16.4 Å². The fraction of sp³-hybridized carbons (Fsp3) is 0.200. The van der Waals surface area contributed by atoms with E-state index < -0.39 is 9.84 Å². The maximum Gasteiger partial charge on any atom is 0.182 e. The van der Waals surface area contributed by atoms with Crippen LogP contribution >= 0.6 is 0 Å². The van der Waals surface area contributed by atoms with E-state index in [1.165, 1.54) is 14.2 Å². The van der Waals surface area contributed by atoms with Crippen molar-refractivity contribution in [2.45, 2.75) is 4.90 Å². The second-order valence-electron chi connectivity index (χ2n) is 4.35. The summed E-state index contributed by atoms with van der Waals surface area (Å²) in [7, 11) is -0.552. The molecule has 0 bridgehead atoms. The molecule has 0 atom stereocenters. The third kappa shape index (κ3) is 2.77. The smallest absolute Gasteiger partial charge is 0.182 e. The lowest BCUT2D eigenvalue weighted by atomic mass is 10.1. The number of hydrogen-bond donors (Lipinski definition) is 0. The van der Waals surface area contributed by atoms with Crippen LogP contribution in [0.15, 0.2) is 47.4 Å². The average molecular weight is 292 g/mol. The van der Waals surface area contributed by atoms with Crippen LogP contribution in [-0.4, -0.2) is 28.9 Å². The van der Waals surface area contributed by atoms with Crippen LogP contribution in [0.2, 0.25) is 0 Å². The zero-order valence-electron chi connectivity index (χ0n) is 11.6. The fourth-order valence-corrected chi connectivity index (χ4v) is 3.06. The Balaban J connectivity index is 2.72. The topological polar surface area (TPSA) is 52.6 Å². The van der Waals surface area contributed by atoms with E-state index in [0.29, 0.717) is 0 Å². The van der Waals surface area contributed by atoms with Crippen molar-refractivity contribution in [3.63, 3.8) is 0 Å². The molecule has 0 heterocycles. The number of benzene rings is 2. The number of hydrogen-bond acceptors (Lipinski definition) is 4. The number of methoxy groups -OCH3 is 2. The molecule has 106 valence electrons. The van der Waals surface area contributed by atoms with Gasteiger partial charge in [0.25, 0.3) is 0 Å². The lowest BCUT2D eigenvalue weighted by molar-refractivity contribution is 0.374. The van der Waals surface area contributed by atoms with Gasteiger partial charge in [0.05, 0.1) is 14.2 Å². The van der Waals surface area contributed by atoms with Gasteiger partial charge in [-0.3, -0.25) is 0 Å². The lowest BCUT2D eigenvalue weighted by Crippen LogP contribution is -2.04. The second kappa shape index (κ2) is 5.54. The molecule has 2 aromatic carbocycles. The summed E-state index contributed by atoms with van der Waals surface area (Å²) in [5.41, 5.74) is 1.80. The van der Waals surface area contributed by atoms with Gasteiger partial charge in [0, 0.05) is 6.26 Å². The zero-order valence-corrected chi connectivity index (χ0v) is 12.4. The molecule has 2 aromatic rings. The van der Waals surface area contributed by atoms with Crippen molar-refractivity contribution >= 4 is 9.84 Å². The predicted octanol–water partition coefficient (Wildman–Crippen LogP) is 2.77. The molecule has 0 saturated carbocycles. The largest absolute Gasteiger partial charge is 0.495 e. The molecule has 2 rings (SSSR count). The van der Waals surface area contributed by atoms with E-state index in [2.05, 4.69) is 0 Å². The summed E-state index contributed by atoms with van der Waals surface area (Å²) in [6.45, 7) is 0. The Morgan fingerprint density at radius 1 is 0.850 bits per heavy atom. The standard InChI is InChI=1S/C15H16O4S/c1-18-13-9-12(11-7-5-4-6-8-11)10-14(19-2)15(13)20(3,16)17/h4-10H,1-3H3. The minimum atomic E-state index is -3.44. The van der Waals surface area contributed by atoms with Gasteiger partial charge >= 0.3 is 0 Å². The first-order valence-corrected chi connectivity index (χ1v) is 7.88. The Morgan fingerprint density at radius 2 is 1.35 bits per heavy atom. The van der Waals surface area contributed by atoms with Crippen LogP contribution in [0.4, 0.5) is 0 Å². The molecule has 0 aliphatic rings. The summed E-state index contributed by atoms with van der Waals surface area (Å²) >= 11 is 0. The summed E-state index contributed by atoms with van der Waals surface area (Å²) in [6.07, 6.45) is 1.13. The van der Waals surface area contributed by atoms with Gasteiger partial charge < -0.3 is 9.47 Å². The predicted molar refractivity (Wildman–Crippen MR) is 78.1 cm³/mol. The third-order valence-electron chi connectivity index (χ3n) is 2.94. The van der Waals surface area contributed by atoms with Crippen LogP contribution in [0.25, 0.3) is 11.1 Å². The highest BCUT2D eigenvalue weighted by molar-refractivity contribution is 7.91. The van der Waals surface area contributed by atoms with Gasteiger partial charge in [-0.25, -0.2) is 8.42 Å². The molecule has 4 nitrogen and oxygen atoms in total. The Hall–Kier alpha value is -2.01. The number of ether oxygens (including phenoxy) is 2. The van der Waals surface area contributed by atoms with Crippen molar-refractivity contribution in [2.24, 2.45) is 0 Å². The monoisotopic (exact) mass is 292 g/mol. The van der Waals surface area contributed by atoms with Crippen molar-refractivity contribution in [2.75, 3.05) is 20.5 Å². The quantitative estimate of drug-likeness (QED) is 0.869. The molecule has 20 heavy (non-hydrogen) atoms. The van der Waals surface area contributed by atoms with Crippen LogP contribution in [0, 0.1) is 0 Å². The molecule has 0 aliphatic carbocycles. The summed E-state index contributed by atoms with van der Waals surface area (Å²) in [4.78, 5) is 0.0715. The van der Waals surface area contributed by atoms with Gasteiger partial charge in [-0.1, -0.05) is 30.3 Å². The first kappa shape index (κ1) is 14.4. The highest BCUT2D eigenvalue weighted by Gasteiger charge is 2.22. The molecule has 0 radical (unpaired) electrons. The van der Waals surface area contributed by atoms with Crippen LogP contribution in [-0.2, 0) is 9.84 Å². The molecule has 0 aliphatic heterocycles. The van der Waals surface area contributed by atoms with E-state index in [1.807, 2.05) is 30.3 Å². The highest BCUT2D eigenvalue weighted by atomic mass is 32.2. The normalized spacial score (nSPS) is 11.2. The second-order valence-corrected chi connectivity index (χ2v) is 6.30. The SMILES string of the molecule is COc1cc(-c2ccccc2)cc(OC)c1S(C)(=O)=O. The number of sulfone groups is 1. The van der Waals surface area contributed by atoms with Gasteiger partial charge in [0.2, 0.25) is 0 Å². The molecule has 0 saturated heterocycles. The Kier molecular flexibility index (Phi) is 3.99. The first-order valence-electron chi connectivity index (χ1n) is 5.99. The average Bonchev–Trinajstić information content (AvgIpc) is 2.45.